The Morgan fingerprint density at radius 1 is 1.09 bits per heavy atom. The number of nitrogens with zero attached hydrogens (tertiary/aromatic N) is 1. The van der Waals surface area contributed by atoms with Gasteiger partial charge in [-0.05, 0) is 67.3 Å². The molecule has 3 fully saturated rings. The average molecular weight is 510 g/mol. The minimum Gasteiger partial charge on any atom is -0.455 e. The Morgan fingerprint density at radius 2 is 1.86 bits per heavy atom. The van der Waals surface area contributed by atoms with Crippen molar-refractivity contribution in [2.24, 2.45) is 11.3 Å². The van der Waals surface area contributed by atoms with Gasteiger partial charge in [-0.15, -0.1) is 0 Å². The zero-order valence-electron chi connectivity index (χ0n) is 19.5. The SMILES string of the molecule is CC1=C2[C@H]3OC(=O)C4(C[C@H](c5cc(Cl)ccc5Cl)N(c5ccccc5)O4)[C@@H]3CC[C@@]2(C)C=CC1=O. The smallest absolute Gasteiger partial charge is 0.342 e. The number of hydrogen-bond acceptors (Lipinski definition) is 5. The van der Waals surface area contributed by atoms with Gasteiger partial charge in [0.25, 0.3) is 0 Å². The predicted octanol–water partition coefficient (Wildman–Crippen LogP) is 6.41. The van der Waals surface area contributed by atoms with E-state index >= 15 is 0 Å². The van der Waals surface area contributed by atoms with E-state index in [1.807, 2.05) is 49.4 Å². The van der Waals surface area contributed by atoms with Crippen molar-refractivity contribution in [3.63, 3.8) is 0 Å². The van der Waals surface area contributed by atoms with Crippen LogP contribution in [0.5, 0.6) is 0 Å². The van der Waals surface area contributed by atoms with E-state index < -0.39 is 11.7 Å². The van der Waals surface area contributed by atoms with E-state index in [0.29, 0.717) is 22.0 Å². The minimum absolute atomic E-state index is 0.0306. The molecular weight excluding hydrogens is 485 g/mol. The number of esters is 1. The Morgan fingerprint density at radius 3 is 2.63 bits per heavy atom. The number of allylic oxidation sites excluding steroid dienone is 3. The molecule has 2 aliphatic carbocycles. The van der Waals surface area contributed by atoms with Crippen LogP contribution < -0.4 is 5.06 Å². The van der Waals surface area contributed by atoms with Gasteiger partial charge in [0.15, 0.2) is 5.78 Å². The Hall–Kier alpha value is -2.60. The van der Waals surface area contributed by atoms with Crippen molar-refractivity contribution in [2.75, 3.05) is 5.06 Å². The number of carbonyl (C=O) groups is 2. The highest BCUT2D eigenvalue weighted by molar-refractivity contribution is 6.33. The second-order valence-electron chi connectivity index (χ2n) is 10.2. The Labute approximate surface area is 214 Å². The maximum Gasteiger partial charge on any atom is 0.342 e. The first kappa shape index (κ1) is 22.8. The van der Waals surface area contributed by atoms with E-state index in [4.69, 9.17) is 32.8 Å². The predicted molar refractivity (Wildman–Crippen MR) is 134 cm³/mol. The van der Waals surface area contributed by atoms with Crippen molar-refractivity contribution in [3.8, 4) is 0 Å². The Bertz CT molecular complexity index is 1310. The number of hydrogen-bond donors (Lipinski definition) is 0. The van der Waals surface area contributed by atoms with Gasteiger partial charge >= 0.3 is 5.97 Å². The maximum absolute atomic E-state index is 13.7. The highest BCUT2D eigenvalue weighted by atomic mass is 35.5. The number of halogens is 2. The molecule has 0 bridgehead atoms. The highest BCUT2D eigenvalue weighted by Gasteiger charge is 2.68. The van der Waals surface area contributed by atoms with Crippen LogP contribution in [0, 0.1) is 11.3 Å². The topological polar surface area (TPSA) is 55.8 Å². The maximum atomic E-state index is 13.7. The molecule has 0 amide bonds. The van der Waals surface area contributed by atoms with Crippen molar-refractivity contribution in [1.29, 1.82) is 0 Å². The standard InChI is InChI=1S/C28H25Cl2NO4/c1-16-23(32)11-13-27(2)12-10-20-25(24(16)27)34-26(33)28(20)15-22(19-14-17(29)8-9-21(19)30)31(35-28)18-6-4-3-5-7-18/h3-9,11,13-14,20,22,25H,10,12,15H2,1-2H3/t20-,22-,25+,27+,28?/m1/s1. The fourth-order valence-corrected chi connectivity index (χ4v) is 6.81. The third kappa shape index (κ3) is 3.32. The van der Waals surface area contributed by atoms with Crippen LogP contribution in [-0.4, -0.2) is 23.5 Å². The molecule has 2 aromatic carbocycles. The summed E-state index contributed by atoms with van der Waals surface area (Å²) < 4.78 is 6.09. The van der Waals surface area contributed by atoms with Crippen molar-refractivity contribution < 1.29 is 19.2 Å². The first-order chi connectivity index (χ1) is 16.7. The Balaban J connectivity index is 1.46. The summed E-state index contributed by atoms with van der Waals surface area (Å²) in [4.78, 5) is 32.9. The summed E-state index contributed by atoms with van der Waals surface area (Å²) in [6.45, 7) is 3.95. The molecule has 0 aromatic heterocycles. The van der Waals surface area contributed by atoms with Gasteiger partial charge in [-0.3, -0.25) is 9.63 Å². The molecule has 6 rings (SSSR count). The summed E-state index contributed by atoms with van der Waals surface area (Å²) in [5.74, 6) is -0.640. The lowest BCUT2D eigenvalue weighted by Gasteiger charge is -2.44. The first-order valence-electron chi connectivity index (χ1n) is 11.9. The summed E-state index contributed by atoms with van der Waals surface area (Å²) in [7, 11) is 0. The number of ketones is 1. The molecule has 2 aromatic rings. The minimum atomic E-state index is -1.18. The number of carbonyl (C=O) groups excluding carboxylic acids is 2. The van der Waals surface area contributed by atoms with Gasteiger partial charge in [-0.25, -0.2) is 9.86 Å². The van der Waals surface area contributed by atoms with Gasteiger partial charge in [-0.2, -0.15) is 0 Å². The van der Waals surface area contributed by atoms with Crippen molar-refractivity contribution in [1.82, 2.24) is 0 Å². The third-order valence-corrected chi connectivity index (χ3v) is 8.74. The number of rotatable bonds is 2. The molecule has 35 heavy (non-hydrogen) atoms. The molecular formula is C28H25Cl2NO4. The highest BCUT2D eigenvalue weighted by Crippen LogP contribution is 2.60. The van der Waals surface area contributed by atoms with E-state index in [-0.39, 0.29) is 29.1 Å². The van der Waals surface area contributed by atoms with Crippen LogP contribution >= 0.6 is 23.2 Å². The molecule has 4 aliphatic rings. The molecule has 1 saturated carbocycles. The van der Waals surface area contributed by atoms with E-state index in [0.717, 1.165) is 29.7 Å². The van der Waals surface area contributed by atoms with Crippen molar-refractivity contribution >= 4 is 40.6 Å². The molecule has 5 nitrogen and oxygen atoms in total. The second-order valence-corrected chi connectivity index (χ2v) is 11.0. The van der Waals surface area contributed by atoms with Crippen LogP contribution in [-0.2, 0) is 19.2 Å². The fourth-order valence-electron chi connectivity index (χ4n) is 6.38. The van der Waals surface area contributed by atoms with E-state index in [9.17, 15) is 9.59 Å². The van der Waals surface area contributed by atoms with Crippen LogP contribution in [0.2, 0.25) is 10.0 Å². The zero-order valence-corrected chi connectivity index (χ0v) is 21.0. The molecule has 1 unspecified atom stereocenters. The lowest BCUT2D eigenvalue weighted by Crippen LogP contribution is -2.47. The van der Waals surface area contributed by atoms with Gasteiger partial charge < -0.3 is 4.74 Å². The summed E-state index contributed by atoms with van der Waals surface area (Å²) in [6.07, 6.45) is 5.02. The van der Waals surface area contributed by atoms with Crippen LogP contribution in [0.4, 0.5) is 5.69 Å². The quantitative estimate of drug-likeness (QED) is 0.437. The summed E-state index contributed by atoms with van der Waals surface area (Å²) in [5.41, 5.74) is 1.69. The normalized spacial score (nSPS) is 33.8. The van der Waals surface area contributed by atoms with Gasteiger partial charge in [0.2, 0.25) is 5.60 Å². The van der Waals surface area contributed by atoms with Crippen LogP contribution in [0.25, 0.3) is 0 Å². The molecule has 0 radical (unpaired) electrons. The summed E-state index contributed by atoms with van der Waals surface area (Å²) in [6, 6.07) is 14.7. The van der Waals surface area contributed by atoms with E-state index in [1.54, 1.807) is 23.3 Å². The van der Waals surface area contributed by atoms with Crippen LogP contribution in [0.3, 0.4) is 0 Å². The van der Waals surface area contributed by atoms with Crippen LogP contribution in [0.15, 0.2) is 71.8 Å². The molecule has 0 N–H and O–H groups in total. The fraction of sp³-hybridized carbons (Fsp3) is 0.357. The molecule has 7 heteroatoms. The lowest BCUT2D eigenvalue weighted by atomic mass is 9.60. The van der Waals surface area contributed by atoms with Gasteiger partial charge in [-0.1, -0.05) is 54.4 Å². The molecule has 2 heterocycles. The van der Waals surface area contributed by atoms with Crippen LogP contribution in [0.1, 0.15) is 44.7 Å². The molecule has 180 valence electrons. The first-order valence-corrected chi connectivity index (χ1v) is 12.6. The molecule has 2 aliphatic heterocycles. The lowest BCUT2D eigenvalue weighted by molar-refractivity contribution is -0.157. The van der Waals surface area contributed by atoms with Gasteiger partial charge in [0.1, 0.15) is 6.10 Å². The number of fused-ring (bicyclic) bond motifs is 4. The van der Waals surface area contributed by atoms with Gasteiger partial charge in [0.05, 0.1) is 11.7 Å². The Kier molecular flexibility index (Phi) is 5.19. The second kappa shape index (κ2) is 7.95. The monoisotopic (exact) mass is 509 g/mol. The average Bonchev–Trinajstić information content (AvgIpc) is 3.37. The number of anilines is 1. The van der Waals surface area contributed by atoms with E-state index in [1.165, 1.54) is 0 Å². The third-order valence-electron chi connectivity index (χ3n) is 8.16. The number of benzene rings is 2. The largest absolute Gasteiger partial charge is 0.455 e. The molecule has 2 saturated heterocycles. The summed E-state index contributed by atoms with van der Waals surface area (Å²) >= 11 is 13.0. The zero-order chi connectivity index (χ0) is 24.5. The van der Waals surface area contributed by atoms with Gasteiger partial charge in [0, 0.05) is 33.4 Å². The van der Waals surface area contributed by atoms with E-state index in [2.05, 4.69) is 6.92 Å². The number of hydroxylamine groups is 1. The van der Waals surface area contributed by atoms with Crippen molar-refractivity contribution in [3.05, 3.63) is 87.4 Å². The van der Waals surface area contributed by atoms with Crippen molar-refractivity contribution in [2.45, 2.75) is 50.9 Å². The summed E-state index contributed by atoms with van der Waals surface area (Å²) in [5, 5.41) is 2.90. The molecule has 1 spiro atoms. The molecule has 5 atom stereocenters. The number of ether oxygens (including phenoxy) is 1. The number of para-hydroxylation sites is 1.